The minimum Gasteiger partial charge on any atom is -0.481 e. The molecule has 2 rings (SSSR count). The number of carboxylic acid groups (broad SMARTS) is 1. The number of hydrogen-bond acceptors (Lipinski definition) is 2. The molecule has 1 aliphatic carbocycles. The number of carbonyl (C=O) groups is 1. The summed E-state index contributed by atoms with van der Waals surface area (Å²) in [5.74, 6) is 0.119. The van der Waals surface area contributed by atoms with Gasteiger partial charge in [0, 0.05) is 6.04 Å². The molecule has 1 saturated carbocycles. The molecule has 0 spiro atoms. The fourth-order valence-corrected chi connectivity index (χ4v) is 2.34. The quantitative estimate of drug-likeness (QED) is 0.714. The van der Waals surface area contributed by atoms with E-state index in [1.807, 2.05) is 0 Å². The molecule has 3 nitrogen and oxygen atoms in total. The van der Waals surface area contributed by atoms with Gasteiger partial charge in [0.2, 0.25) is 0 Å². The second-order valence-corrected chi connectivity index (χ2v) is 4.46. The highest BCUT2D eigenvalue weighted by atomic mass is 16.4. The monoisotopic (exact) mass is 183 g/mol. The fraction of sp³-hybridized carbons (Fsp3) is 0.900. The molecule has 2 atom stereocenters. The van der Waals surface area contributed by atoms with Gasteiger partial charge >= 0.3 is 5.97 Å². The van der Waals surface area contributed by atoms with Crippen LogP contribution >= 0.6 is 0 Å². The van der Waals surface area contributed by atoms with E-state index in [-0.39, 0.29) is 5.92 Å². The highest BCUT2D eigenvalue weighted by Gasteiger charge is 2.39. The van der Waals surface area contributed by atoms with Crippen molar-refractivity contribution in [1.82, 2.24) is 4.90 Å². The zero-order chi connectivity index (χ0) is 9.42. The molecule has 1 aliphatic heterocycles. The van der Waals surface area contributed by atoms with Crippen molar-refractivity contribution in [3.05, 3.63) is 0 Å². The van der Waals surface area contributed by atoms with Crippen LogP contribution in [0.1, 0.15) is 25.7 Å². The Hall–Kier alpha value is -0.570. The van der Waals surface area contributed by atoms with E-state index in [0.717, 1.165) is 25.3 Å². The lowest BCUT2D eigenvalue weighted by Gasteiger charge is -2.22. The Morgan fingerprint density at radius 3 is 2.69 bits per heavy atom. The summed E-state index contributed by atoms with van der Waals surface area (Å²) in [5.41, 5.74) is 0. The molecular formula is C10H17NO2. The first-order valence-electron chi connectivity index (χ1n) is 5.11. The Morgan fingerprint density at radius 2 is 2.15 bits per heavy atom. The molecule has 0 radical (unpaired) electrons. The van der Waals surface area contributed by atoms with Crippen LogP contribution in [0.5, 0.6) is 0 Å². The zero-order valence-electron chi connectivity index (χ0n) is 8.07. The normalized spacial score (nSPS) is 35.2. The number of rotatable bonds is 3. The second kappa shape index (κ2) is 3.29. The molecule has 2 fully saturated rings. The average molecular weight is 183 g/mol. The van der Waals surface area contributed by atoms with Gasteiger partial charge in [-0.1, -0.05) is 12.8 Å². The molecular weight excluding hydrogens is 166 g/mol. The Balaban J connectivity index is 1.97. The van der Waals surface area contributed by atoms with Gasteiger partial charge in [-0.15, -0.1) is 0 Å². The predicted molar refractivity (Wildman–Crippen MR) is 49.5 cm³/mol. The molecule has 0 amide bonds. The maximum absolute atomic E-state index is 10.9. The van der Waals surface area contributed by atoms with Gasteiger partial charge in [-0.05, 0) is 32.4 Å². The molecule has 0 aromatic carbocycles. The summed E-state index contributed by atoms with van der Waals surface area (Å²) in [6, 6.07) is 0.310. The van der Waals surface area contributed by atoms with Gasteiger partial charge in [0.25, 0.3) is 0 Å². The first kappa shape index (κ1) is 9.00. The Kier molecular flexibility index (Phi) is 2.28. The van der Waals surface area contributed by atoms with Gasteiger partial charge < -0.3 is 10.0 Å². The molecule has 0 aromatic heterocycles. The van der Waals surface area contributed by atoms with Gasteiger partial charge in [0.15, 0.2) is 0 Å². The summed E-state index contributed by atoms with van der Waals surface area (Å²) in [7, 11) is 2.05. The topological polar surface area (TPSA) is 40.5 Å². The van der Waals surface area contributed by atoms with Gasteiger partial charge in [0.1, 0.15) is 0 Å². The lowest BCUT2D eigenvalue weighted by atomic mass is 9.96. The summed E-state index contributed by atoms with van der Waals surface area (Å²) in [6.07, 6.45) is 4.57. The molecule has 2 aliphatic rings. The minimum absolute atomic E-state index is 0.106. The number of nitrogens with zero attached hydrogens (tertiary/aromatic N) is 1. The molecule has 13 heavy (non-hydrogen) atoms. The van der Waals surface area contributed by atoms with Crippen molar-refractivity contribution in [2.45, 2.75) is 31.7 Å². The van der Waals surface area contributed by atoms with Crippen LogP contribution < -0.4 is 0 Å². The van der Waals surface area contributed by atoms with Crippen molar-refractivity contribution in [2.24, 2.45) is 11.8 Å². The van der Waals surface area contributed by atoms with Crippen molar-refractivity contribution >= 4 is 5.97 Å². The molecule has 3 heteroatoms. The van der Waals surface area contributed by atoms with Gasteiger partial charge in [-0.25, -0.2) is 0 Å². The summed E-state index contributed by atoms with van der Waals surface area (Å²) in [5, 5.41) is 9.01. The van der Waals surface area contributed by atoms with Crippen LogP contribution in [0.15, 0.2) is 0 Å². The number of aliphatic carboxylic acids is 1. The van der Waals surface area contributed by atoms with Crippen LogP contribution in [0.3, 0.4) is 0 Å². The number of carboxylic acids is 1. The van der Waals surface area contributed by atoms with Crippen molar-refractivity contribution < 1.29 is 9.90 Å². The molecule has 1 saturated heterocycles. The van der Waals surface area contributed by atoms with Gasteiger partial charge in [-0.3, -0.25) is 4.79 Å². The zero-order valence-corrected chi connectivity index (χ0v) is 8.07. The summed E-state index contributed by atoms with van der Waals surface area (Å²) in [4.78, 5) is 13.2. The minimum atomic E-state index is -0.602. The average Bonchev–Trinajstić information content (AvgIpc) is 2.78. The van der Waals surface area contributed by atoms with Crippen LogP contribution in [0.4, 0.5) is 0 Å². The van der Waals surface area contributed by atoms with E-state index in [1.165, 1.54) is 12.8 Å². The van der Waals surface area contributed by atoms with Crippen LogP contribution in [0.25, 0.3) is 0 Å². The Labute approximate surface area is 78.7 Å². The summed E-state index contributed by atoms with van der Waals surface area (Å²) < 4.78 is 0. The van der Waals surface area contributed by atoms with Crippen molar-refractivity contribution in [3.63, 3.8) is 0 Å². The molecule has 0 bridgehead atoms. The Morgan fingerprint density at radius 1 is 1.46 bits per heavy atom. The maximum atomic E-state index is 10.9. The third kappa shape index (κ3) is 1.85. The third-order valence-electron chi connectivity index (χ3n) is 3.41. The van der Waals surface area contributed by atoms with E-state index in [4.69, 9.17) is 5.11 Å². The van der Waals surface area contributed by atoms with Crippen molar-refractivity contribution in [2.75, 3.05) is 13.6 Å². The van der Waals surface area contributed by atoms with Crippen molar-refractivity contribution in [1.29, 1.82) is 0 Å². The van der Waals surface area contributed by atoms with Crippen LogP contribution in [0, 0.1) is 11.8 Å². The SMILES string of the molecule is CN1CCC(C(=O)O)C1CC1CC1. The van der Waals surface area contributed by atoms with E-state index >= 15 is 0 Å². The van der Waals surface area contributed by atoms with E-state index in [9.17, 15) is 4.79 Å². The number of hydrogen-bond donors (Lipinski definition) is 1. The molecule has 0 aromatic rings. The highest BCUT2D eigenvalue weighted by molar-refractivity contribution is 5.71. The lowest BCUT2D eigenvalue weighted by Crippen LogP contribution is -2.33. The first-order valence-corrected chi connectivity index (χ1v) is 5.11. The predicted octanol–water partition coefficient (Wildman–Crippen LogP) is 1.19. The van der Waals surface area contributed by atoms with Gasteiger partial charge in [0.05, 0.1) is 5.92 Å². The van der Waals surface area contributed by atoms with Crippen molar-refractivity contribution in [3.8, 4) is 0 Å². The van der Waals surface area contributed by atoms with E-state index < -0.39 is 5.97 Å². The molecule has 1 N–H and O–H groups in total. The molecule has 1 heterocycles. The number of likely N-dealkylation sites (tertiary alicyclic amines) is 1. The first-order chi connectivity index (χ1) is 6.18. The van der Waals surface area contributed by atoms with Crippen LogP contribution in [-0.2, 0) is 4.79 Å². The largest absolute Gasteiger partial charge is 0.481 e. The molecule has 74 valence electrons. The summed E-state index contributed by atoms with van der Waals surface area (Å²) >= 11 is 0. The van der Waals surface area contributed by atoms with E-state index in [1.54, 1.807) is 0 Å². The van der Waals surface area contributed by atoms with Crippen LogP contribution in [-0.4, -0.2) is 35.6 Å². The Bertz CT molecular complexity index is 213. The summed E-state index contributed by atoms with van der Waals surface area (Å²) in [6.45, 7) is 0.953. The molecule has 2 unspecified atom stereocenters. The third-order valence-corrected chi connectivity index (χ3v) is 3.41. The highest BCUT2D eigenvalue weighted by Crippen LogP contribution is 2.38. The van der Waals surface area contributed by atoms with Crippen LogP contribution in [0.2, 0.25) is 0 Å². The fourth-order valence-electron chi connectivity index (χ4n) is 2.34. The van der Waals surface area contributed by atoms with E-state index in [0.29, 0.717) is 6.04 Å². The lowest BCUT2D eigenvalue weighted by molar-refractivity contribution is -0.142. The van der Waals surface area contributed by atoms with E-state index in [2.05, 4.69) is 11.9 Å². The second-order valence-electron chi connectivity index (χ2n) is 4.46. The maximum Gasteiger partial charge on any atom is 0.308 e. The smallest absolute Gasteiger partial charge is 0.308 e. The standard InChI is InChI=1S/C10H17NO2/c1-11-5-4-8(10(12)13)9(11)6-7-2-3-7/h7-9H,2-6H2,1H3,(H,12,13). The van der Waals surface area contributed by atoms with Gasteiger partial charge in [-0.2, -0.15) is 0 Å².